The predicted molar refractivity (Wildman–Crippen MR) is 65.4 cm³/mol. The number of nitro benzene ring substituents is 1. The van der Waals surface area contributed by atoms with Crippen LogP contribution in [0.2, 0.25) is 0 Å². The number of nitrogens with zero attached hydrogens (tertiary/aromatic N) is 3. The van der Waals surface area contributed by atoms with Crippen LogP contribution in [0.15, 0.2) is 24.5 Å². The van der Waals surface area contributed by atoms with Crippen molar-refractivity contribution in [3.05, 3.63) is 51.6 Å². The molecular formula is C11H11N5O3. The topological polar surface area (TPSA) is 114 Å². The number of hydrogen-bond acceptors (Lipinski definition) is 5. The number of benzene rings is 1. The maximum Gasteiger partial charge on any atom is 0.288 e. The molecule has 2 rings (SSSR count). The molecule has 0 atom stereocenters. The first-order chi connectivity index (χ1) is 9.09. The fourth-order valence-electron chi connectivity index (χ4n) is 1.63. The minimum Gasteiger partial charge on any atom is -0.345 e. The summed E-state index contributed by atoms with van der Waals surface area (Å²) in [5.41, 5.74) is 1.25. The van der Waals surface area contributed by atoms with Gasteiger partial charge in [0.1, 0.15) is 6.33 Å². The molecule has 8 nitrogen and oxygen atoms in total. The van der Waals surface area contributed by atoms with Gasteiger partial charge in [-0.05, 0) is 12.5 Å². The summed E-state index contributed by atoms with van der Waals surface area (Å²) in [5, 5.41) is 19.4. The number of hydrogen-bond donors (Lipinski definition) is 2. The highest BCUT2D eigenvalue weighted by atomic mass is 16.6. The van der Waals surface area contributed by atoms with Gasteiger partial charge in [-0.15, -0.1) is 0 Å². The molecule has 0 saturated carbocycles. The molecule has 0 aliphatic heterocycles. The summed E-state index contributed by atoms with van der Waals surface area (Å²) in [6.07, 6.45) is 1.23. The fourth-order valence-corrected chi connectivity index (χ4v) is 1.63. The molecule has 0 aliphatic rings. The zero-order valence-corrected chi connectivity index (χ0v) is 10.1. The maximum absolute atomic E-state index is 11.6. The Bertz CT molecular complexity index is 609. The van der Waals surface area contributed by atoms with Gasteiger partial charge in [-0.25, -0.2) is 4.98 Å². The van der Waals surface area contributed by atoms with Crippen molar-refractivity contribution in [1.82, 2.24) is 20.5 Å². The molecule has 0 unspecified atom stereocenters. The number of nitro groups is 1. The van der Waals surface area contributed by atoms with Crippen LogP contribution in [0, 0.1) is 17.0 Å². The van der Waals surface area contributed by atoms with Crippen LogP contribution in [0.1, 0.15) is 21.7 Å². The predicted octanol–water partition coefficient (Wildman–Crippen LogP) is 0.951. The molecule has 2 aromatic rings. The minimum absolute atomic E-state index is 0.0337. The Hall–Kier alpha value is -2.77. The van der Waals surface area contributed by atoms with Crippen LogP contribution in [0.5, 0.6) is 0 Å². The van der Waals surface area contributed by atoms with Gasteiger partial charge >= 0.3 is 0 Å². The van der Waals surface area contributed by atoms with Crippen LogP contribution in [0.25, 0.3) is 0 Å². The number of carbonyl (C=O) groups excluding carboxylic acids is 1. The van der Waals surface area contributed by atoms with Crippen molar-refractivity contribution >= 4 is 11.6 Å². The third-order valence-corrected chi connectivity index (χ3v) is 2.68. The van der Waals surface area contributed by atoms with E-state index >= 15 is 0 Å². The van der Waals surface area contributed by atoms with Crippen molar-refractivity contribution in [2.45, 2.75) is 13.5 Å². The molecule has 0 radical (unpaired) electrons. The summed E-state index contributed by atoms with van der Waals surface area (Å²) < 4.78 is 0. The molecule has 1 aromatic carbocycles. The summed E-state index contributed by atoms with van der Waals surface area (Å²) in [4.78, 5) is 25.7. The molecule has 0 spiro atoms. The van der Waals surface area contributed by atoms with Gasteiger partial charge in [0.2, 0.25) is 5.82 Å². The second-order valence-corrected chi connectivity index (χ2v) is 3.84. The van der Waals surface area contributed by atoms with Gasteiger partial charge in [-0.3, -0.25) is 20.0 Å². The van der Waals surface area contributed by atoms with Gasteiger partial charge in [0.25, 0.3) is 11.6 Å². The van der Waals surface area contributed by atoms with Gasteiger partial charge in [0.15, 0.2) is 0 Å². The van der Waals surface area contributed by atoms with Crippen LogP contribution < -0.4 is 5.32 Å². The minimum atomic E-state index is -0.447. The highest BCUT2D eigenvalue weighted by molar-refractivity contribution is 5.90. The standard InChI is InChI=1S/C11H11N5O3/c1-7-8(3-2-4-9(7)16(18)19)5-12-11(17)10-13-6-14-15-10/h2-4,6H,5H2,1H3,(H,12,17)(H,13,14,15). The van der Waals surface area contributed by atoms with Crippen molar-refractivity contribution in [3.8, 4) is 0 Å². The van der Waals surface area contributed by atoms with Crippen molar-refractivity contribution in [1.29, 1.82) is 0 Å². The van der Waals surface area contributed by atoms with E-state index < -0.39 is 10.8 Å². The van der Waals surface area contributed by atoms with E-state index in [4.69, 9.17) is 0 Å². The third kappa shape index (κ3) is 2.73. The van der Waals surface area contributed by atoms with E-state index in [0.29, 0.717) is 11.1 Å². The average Bonchev–Trinajstić information content (AvgIpc) is 2.90. The first kappa shape index (κ1) is 12.7. The Kier molecular flexibility index (Phi) is 3.51. The van der Waals surface area contributed by atoms with Crippen LogP contribution in [0.3, 0.4) is 0 Å². The normalized spacial score (nSPS) is 10.2. The van der Waals surface area contributed by atoms with Crippen molar-refractivity contribution in [2.24, 2.45) is 0 Å². The average molecular weight is 261 g/mol. The fraction of sp³-hybridized carbons (Fsp3) is 0.182. The van der Waals surface area contributed by atoms with E-state index in [2.05, 4.69) is 20.5 Å². The molecule has 0 saturated heterocycles. The van der Waals surface area contributed by atoms with Crippen molar-refractivity contribution in [3.63, 3.8) is 0 Å². The van der Waals surface area contributed by atoms with E-state index in [-0.39, 0.29) is 18.1 Å². The molecule has 0 fully saturated rings. The van der Waals surface area contributed by atoms with Gasteiger partial charge in [-0.2, -0.15) is 5.10 Å². The molecule has 0 aliphatic carbocycles. The van der Waals surface area contributed by atoms with Crippen molar-refractivity contribution < 1.29 is 9.72 Å². The summed E-state index contributed by atoms with van der Waals surface area (Å²) in [6, 6.07) is 4.74. The van der Waals surface area contributed by atoms with Gasteiger partial charge < -0.3 is 5.32 Å². The van der Waals surface area contributed by atoms with Gasteiger partial charge in [0, 0.05) is 18.2 Å². The second kappa shape index (κ2) is 5.25. The van der Waals surface area contributed by atoms with Gasteiger partial charge in [-0.1, -0.05) is 12.1 Å². The van der Waals surface area contributed by atoms with Gasteiger partial charge in [0.05, 0.1) is 4.92 Å². The zero-order chi connectivity index (χ0) is 13.8. The van der Waals surface area contributed by atoms with E-state index in [1.165, 1.54) is 12.4 Å². The lowest BCUT2D eigenvalue weighted by Crippen LogP contribution is -2.24. The maximum atomic E-state index is 11.6. The Morgan fingerprint density at radius 1 is 1.53 bits per heavy atom. The molecule has 1 aromatic heterocycles. The molecule has 1 amide bonds. The van der Waals surface area contributed by atoms with Crippen LogP contribution in [0.4, 0.5) is 5.69 Å². The number of nitrogens with one attached hydrogen (secondary N) is 2. The number of aromatic nitrogens is 3. The number of aromatic amines is 1. The van der Waals surface area contributed by atoms with E-state index in [1.807, 2.05) is 0 Å². The second-order valence-electron chi connectivity index (χ2n) is 3.84. The van der Waals surface area contributed by atoms with Crippen LogP contribution in [-0.2, 0) is 6.54 Å². The molecule has 2 N–H and O–H groups in total. The third-order valence-electron chi connectivity index (χ3n) is 2.68. The SMILES string of the molecule is Cc1c(CNC(=O)c2ncn[nH]2)cccc1[N+](=O)[O-]. The lowest BCUT2D eigenvalue weighted by molar-refractivity contribution is -0.385. The Labute approximate surface area is 108 Å². The largest absolute Gasteiger partial charge is 0.345 e. The first-order valence-electron chi connectivity index (χ1n) is 5.46. The molecule has 0 bridgehead atoms. The first-order valence-corrected chi connectivity index (χ1v) is 5.46. The Morgan fingerprint density at radius 2 is 2.32 bits per heavy atom. The Morgan fingerprint density at radius 3 is 2.95 bits per heavy atom. The number of H-pyrrole nitrogens is 1. The smallest absolute Gasteiger partial charge is 0.288 e. The van der Waals surface area contributed by atoms with Crippen molar-refractivity contribution in [2.75, 3.05) is 0 Å². The number of amides is 1. The molecular weight excluding hydrogens is 250 g/mol. The summed E-state index contributed by atoms with van der Waals surface area (Å²) in [6.45, 7) is 1.83. The molecule has 98 valence electrons. The lowest BCUT2D eigenvalue weighted by atomic mass is 10.1. The zero-order valence-electron chi connectivity index (χ0n) is 10.1. The summed E-state index contributed by atoms with van der Waals surface area (Å²) >= 11 is 0. The molecule has 19 heavy (non-hydrogen) atoms. The van der Waals surface area contributed by atoms with Crippen LogP contribution >= 0.6 is 0 Å². The Balaban J connectivity index is 2.10. The summed E-state index contributed by atoms with van der Waals surface area (Å²) in [5.74, 6) is -0.313. The quantitative estimate of drug-likeness (QED) is 0.628. The van der Waals surface area contributed by atoms with Crippen LogP contribution in [-0.4, -0.2) is 26.0 Å². The lowest BCUT2D eigenvalue weighted by Gasteiger charge is -2.07. The van der Waals surface area contributed by atoms with E-state index in [0.717, 1.165) is 0 Å². The summed E-state index contributed by atoms with van der Waals surface area (Å²) in [7, 11) is 0. The molecule has 1 heterocycles. The highest BCUT2D eigenvalue weighted by Gasteiger charge is 2.14. The number of rotatable bonds is 4. The number of carbonyl (C=O) groups is 1. The monoisotopic (exact) mass is 261 g/mol. The molecule has 8 heteroatoms. The van der Waals surface area contributed by atoms with E-state index in [1.54, 1.807) is 19.1 Å². The van der Waals surface area contributed by atoms with E-state index in [9.17, 15) is 14.9 Å². The highest BCUT2D eigenvalue weighted by Crippen LogP contribution is 2.20.